The molecule has 2 aromatic carbocycles. The molecule has 1 N–H and O–H groups in total. The second-order valence-electron chi connectivity index (χ2n) is 7.82. The predicted octanol–water partition coefficient (Wildman–Crippen LogP) is 3.94. The Morgan fingerprint density at radius 3 is 2.59 bits per heavy atom. The topological polar surface area (TPSA) is 84.4 Å². The van der Waals surface area contributed by atoms with Gasteiger partial charge in [0.1, 0.15) is 0 Å². The van der Waals surface area contributed by atoms with Gasteiger partial charge in [-0.1, -0.05) is 19.1 Å². The Labute approximate surface area is 191 Å². The number of benzene rings is 2. The maximum Gasteiger partial charge on any atom is 0.310 e. The summed E-state index contributed by atoms with van der Waals surface area (Å²) in [5.41, 5.74) is 3.41. The highest BCUT2D eigenvalue weighted by Crippen LogP contribution is 2.19. The lowest BCUT2D eigenvalue weighted by Crippen LogP contribution is -2.37. The zero-order chi connectivity index (χ0) is 23.6. The summed E-state index contributed by atoms with van der Waals surface area (Å²) in [7, 11) is 1.33. The monoisotopic (exact) mass is 453 g/mol. The van der Waals surface area contributed by atoms with Gasteiger partial charge in [-0.3, -0.25) is 19.0 Å². The number of rotatable bonds is 6. The van der Waals surface area contributed by atoms with E-state index in [0.29, 0.717) is 23.0 Å². The molecule has 168 valence electrons. The molecule has 7 nitrogen and oxygen atoms in total. The molecule has 0 aliphatic rings. The number of nitrogens with zero attached hydrogens (tertiary/aromatic N) is 2. The molecule has 3 aromatic rings. The van der Waals surface area contributed by atoms with Crippen LogP contribution >= 0.6 is 12.2 Å². The van der Waals surface area contributed by atoms with Crippen LogP contribution in [-0.4, -0.2) is 46.5 Å². The minimum atomic E-state index is -0.445. The number of aromatic amines is 1. The molecule has 0 fully saturated rings. The van der Waals surface area contributed by atoms with Gasteiger partial charge in [0.25, 0.3) is 11.5 Å². The third-order valence-corrected chi connectivity index (χ3v) is 6.01. The van der Waals surface area contributed by atoms with Crippen molar-refractivity contribution in [3.8, 4) is 5.69 Å². The summed E-state index contributed by atoms with van der Waals surface area (Å²) in [6.45, 7) is 8.17. The quantitative estimate of drug-likeness (QED) is 0.452. The van der Waals surface area contributed by atoms with Crippen molar-refractivity contribution in [3.63, 3.8) is 0 Å². The molecule has 0 aliphatic heterocycles. The van der Waals surface area contributed by atoms with Gasteiger partial charge in [-0.2, -0.15) is 0 Å². The van der Waals surface area contributed by atoms with Crippen molar-refractivity contribution in [1.29, 1.82) is 0 Å². The molecule has 0 saturated heterocycles. The molecule has 8 heteroatoms. The van der Waals surface area contributed by atoms with Crippen LogP contribution in [0.1, 0.15) is 35.3 Å². The Balaban J connectivity index is 2.04. The Morgan fingerprint density at radius 1 is 1.22 bits per heavy atom. The van der Waals surface area contributed by atoms with E-state index in [0.717, 1.165) is 16.8 Å². The molecular formula is C24H27N3O4S. The molecule has 0 saturated carbocycles. The summed E-state index contributed by atoms with van der Waals surface area (Å²) >= 11 is 5.49. The number of methoxy groups -OCH3 is 1. The number of aryl methyl sites for hydroxylation is 1. The van der Waals surface area contributed by atoms with Crippen molar-refractivity contribution in [2.45, 2.75) is 27.7 Å². The zero-order valence-corrected chi connectivity index (χ0v) is 19.7. The summed E-state index contributed by atoms with van der Waals surface area (Å²) in [4.78, 5) is 42.8. The fourth-order valence-corrected chi connectivity index (χ4v) is 3.98. The highest BCUT2D eigenvalue weighted by molar-refractivity contribution is 7.71. The zero-order valence-electron chi connectivity index (χ0n) is 18.9. The van der Waals surface area contributed by atoms with E-state index in [1.807, 2.05) is 39.0 Å². The molecule has 1 amide bonds. The number of carbonyl (C=O) groups excluding carboxylic acids is 2. The number of hydrogen-bond donors (Lipinski definition) is 1. The number of aromatic nitrogens is 2. The van der Waals surface area contributed by atoms with Crippen molar-refractivity contribution < 1.29 is 14.3 Å². The number of amides is 1. The number of H-pyrrole nitrogens is 1. The van der Waals surface area contributed by atoms with Crippen molar-refractivity contribution in [1.82, 2.24) is 14.5 Å². The van der Waals surface area contributed by atoms with E-state index in [9.17, 15) is 14.4 Å². The van der Waals surface area contributed by atoms with Crippen molar-refractivity contribution in [2.75, 3.05) is 20.2 Å². The van der Waals surface area contributed by atoms with E-state index in [2.05, 4.69) is 4.98 Å². The first kappa shape index (κ1) is 23.4. The first-order valence-corrected chi connectivity index (χ1v) is 10.8. The molecule has 3 rings (SSSR count). The molecule has 0 bridgehead atoms. The van der Waals surface area contributed by atoms with Crippen molar-refractivity contribution in [3.05, 3.63) is 68.2 Å². The van der Waals surface area contributed by atoms with Gasteiger partial charge in [-0.25, -0.2) is 0 Å². The normalized spacial score (nSPS) is 11.9. The van der Waals surface area contributed by atoms with Crippen molar-refractivity contribution >= 4 is 35.0 Å². The number of carbonyl (C=O) groups is 2. The van der Waals surface area contributed by atoms with Crippen LogP contribution in [0.15, 0.2) is 41.2 Å². The highest BCUT2D eigenvalue weighted by Gasteiger charge is 2.22. The molecule has 1 aromatic heterocycles. The van der Waals surface area contributed by atoms with Gasteiger partial charge in [0.05, 0.1) is 29.6 Å². The lowest BCUT2D eigenvalue weighted by molar-refractivity contribution is -0.145. The van der Waals surface area contributed by atoms with Gasteiger partial charge < -0.3 is 14.6 Å². The fourth-order valence-electron chi connectivity index (χ4n) is 3.69. The van der Waals surface area contributed by atoms with E-state index in [1.165, 1.54) is 11.7 Å². The van der Waals surface area contributed by atoms with Crippen LogP contribution < -0.4 is 5.56 Å². The molecule has 32 heavy (non-hydrogen) atoms. The number of esters is 1. The summed E-state index contributed by atoms with van der Waals surface area (Å²) in [6.07, 6.45) is 0. The molecule has 0 spiro atoms. The predicted molar refractivity (Wildman–Crippen MR) is 127 cm³/mol. The largest absolute Gasteiger partial charge is 0.469 e. The lowest BCUT2D eigenvalue weighted by Gasteiger charge is -2.23. The minimum Gasteiger partial charge on any atom is -0.469 e. The van der Waals surface area contributed by atoms with Crippen LogP contribution in [0.5, 0.6) is 0 Å². The van der Waals surface area contributed by atoms with Crippen LogP contribution in [0.4, 0.5) is 0 Å². The number of nitrogens with one attached hydrogen (secondary N) is 1. The molecule has 1 heterocycles. The maximum absolute atomic E-state index is 13.3. The fraction of sp³-hybridized carbons (Fsp3) is 0.333. The van der Waals surface area contributed by atoms with Gasteiger partial charge in [0.15, 0.2) is 4.77 Å². The molecular weight excluding hydrogens is 426 g/mol. The SMILES string of the molecule is CCN(CC(C)C(=O)OC)C(=O)c1ccc2c(=O)n(-c3cccc(C)c3C)c(=S)[nH]c2c1. The Hall–Kier alpha value is -3.26. The van der Waals surface area contributed by atoms with Gasteiger partial charge in [0, 0.05) is 18.7 Å². The summed E-state index contributed by atoms with van der Waals surface area (Å²) in [5.74, 6) is -1.05. The van der Waals surface area contributed by atoms with Crippen LogP contribution in [0.3, 0.4) is 0 Å². The first-order valence-electron chi connectivity index (χ1n) is 10.4. The van der Waals surface area contributed by atoms with Crippen molar-refractivity contribution in [2.24, 2.45) is 5.92 Å². The van der Waals surface area contributed by atoms with E-state index < -0.39 is 5.92 Å². The summed E-state index contributed by atoms with van der Waals surface area (Å²) in [5, 5.41) is 0.432. The van der Waals surface area contributed by atoms with E-state index in [4.69, 9.17) is 17.0 Å². The standard InChI is InChI=1S/C24H27N3O4S/c1-6-26(13-15(3)23(30)31-5)21(28)17-10-11-18-19(12-17)25-24(32)27(22(18)29)20-9-7-8-14(2)16(20)4/h7-12,15H,6,13H2,1-5H3,(H,25,32). The number of fused-ring (bicyclic) bond motifs is 1. The van der Waals surface area contributed by atoms with Gasteiger partial charge in [0.2, 0.25) is 0 Å². The Kier molecular flexibility index (Phi) is 6.93. The third kappa shape index (κ3) is 4.36. The number of hydrogen-bond acceptors (Lipinski definition) is 5. The van der Waals surface area contributed by atoms with E-state index >= 15 is 0 Å². The molecule has 0 radical (unpaired) electrons. The Morgan fingerprint density at radius 2 is 1.94 bits per heavy atom. The number of ether oxygens (including phenoxy) is 1. The highest BCUT2D eigenvalue weighted by atomic mass is 32.1. The lowest BCUT2D eigenvalue weighted by atomic mass is 10.1. The van der Waals surface area contributed by atoms with E-state index in [1.54, 1.807) is 30.0 Å². The first-order chi connectivity index (χ1) is 15.2. The summed E-state index contributed by atoms with van der Waals surface area (Å²) in [6, 6.07) is 10.6. The van der Waals surface area contributed by atoms with E-state index in [-0.39, 0.29) is 28.8 Å². The summed E-state index contributed by atoms with van der Waals surface area (Å²) < 4.78 is 6.50. The van der Waals surface area contributed by atoms with Gasteiger partial charge >= 0.3 is 5.97 Å². The molecule has 1 atom stereocenters. The van der Waals surface area contributed by atoms with Gasteiger partial charge in [-0.05, 0) is 68.4 Å². The average molecular weight is 454 g/mol. The second kappa shape index (κ2) is 9.48. The van der Waals surface area contributed by atoms with Crippen LogP contribution in [-0.2, 0) is 9.53 Å². The second-order valence-corrected chi connectivity index (χ2v) is 8.20. The van der Waals surface area contributed by atoms with Crippen LogP contribution in [0.2, 0.25) is 0 Å². The Bertz CT molecular complexity index is 1310. The maximum atomic E-state index is 13.3. The third-order valence-electron chi connectivity index (χ3n) is 5.73. The van der Waals surface area contributed by atoms with Crippen LogP contribution in [0.25, 0.3) is 16.6 Å². The minimum absolute atomic E-state index is 0.233. The van der Waals surface area contributed by atoms with Gasteiger partial charge in [-0.15, -0.1) is 0 Å². The molecule has 0 aliphatic carbocycles. The average Bonchev–Trinajstić information content (AvgIpc) is 2.78. The molecule has 1 unspecified atom stereocenters. The smallest absolute Gasteiger partial charge is 0.310 e. The van der Waals surface area contributed by atoms with Crippen LogP contribution in [0, 0.1) is 24.5 Å².